The second kappa shape index (κ2) is 6.51. The number of carboxylic acid groups (broad SMARTS) is 1. The Labute approximate surface area is 112 Å². The molecule has 0 aliphatic carbocycles. The van der Waals surface area contributed by atoms with Crippen molar-refractivity contribution in [2.24, 2.45) is 0 Å². The van der Waals surface area contributed by atoms with E-state index < -0.39 is 27.9 Å². The number of anilines is 1. The first-order valence-electron chi connectivity index (χ1n) is 5.05. The lowest BCUT2D eigenvalue weighted by molar-refractivity contribution is -0.136. The van der Waals surface area contributed by atoms with Gasteiger partial charge in [-0.15, -0.1) is 0 Å². The fourth-order valence-corrected chi connectivity index (χ4v) is 2.13. The molecular formula is C11H12ClNO4S. The van der Waals surface area contributed by atoms with E-state index in [9.17, 15) is 13.8 Å². The van der Waals surface area contributed by atoms with Gasteiger partial charge in [0.1, 0.15) is 11.0 Å². The van der Waals surface area contributed by atoms with Crippen molar-refractivity contribution in [1.82, 2.24) is 0 Å². The predicted octanol–water partition coefficient (Wildman–Crippen LogP) is 1.50. The van der Waals surface area contributed by atoms with Crippen LogP contribution in [0.2, 0.25) is 5.02 Å². The van der Waals surface area contributed by atoms with Crippen LogP contribution in [0.3, 0.4) is 0 Å². The van der Waals surface area contributed by atoms with E-state index in [1.54, 1.807) is 24.3 Å². The summed E-state index contributed by atoms with van der Waals surface area (Å²) in [4.78, 5) is 22.1. The highest BCUT2D eigenvalue weighted by Crippen LogP contribution is 2.14. The molecule has 1 aromatic carbocycles. The molecule has 7 heteroatoms. The highest BCUT2D eigenvalue weighted by Gasteiger charge is 2.21. The Hall–Kier alpha value is -1.40. The van der Waals surface area contributed by atoms with E-state index in [0.29, 0.717) is 10.7 Å². The van der Waals surface area contributed by atoms with Gasteiger partial charge >= 0.3 is 5.97 Å². The Balaban J connectivity index is 2.57. The SMILES string of the molecule is CC(C(=O)O)S(=O)CC(=O)Nc1cccc(Cl)c1. The van der Waals surface area contributed by atoms with Crippen LogP contribution >= 0.6 is 11.6 Å². The van der Waals surface area contributed by atoms with E-state index in [2.05, 4.69) is 5.32 Å². The van der Waals surface area contributed by atoms with Crippen LogP contribution < -0.4 is 5.32 Å². The normalized spacial score (nSPS) is 13.7. The largest absolute Gasteiger partial charge is 0.480 e. The highest BCUT2D eigenvalue weighted by atomic mass is 35.5. The van der Waals surface area contributed by atoms with E-state index in [-0.39, 0.29) is 5.75 Å². The van der Waals surface area contributed by atoms with Crippen molar-refractivity contribution in [2.45, 2.75) is 12.2 Å². The van der Waals surface area contributed by atoms with Crippen molar-refractivity contribution >= 4 is 40.0 Å². The molecule has 2 N–H and O–H groups in total. The van der Waals surface area contributed by atoms with Gasteiger partial charge in [0.15, 0.2) is 0 Å². The van der Waals surface area contributed by atoms with Crippen LogP contribution in [-0.2, 0) is 20.4 Å². The Morgan fingerprint density at radius 2 is 2.17 bits per heavy atom. The maximum absolute atomic E-state index is 11.5. The molecule has 0 fully saturated rings. The minimum Gasteiger partial charge on any atom is -0.480 e. The van der Waals surface area contributed by atoms with Crippen molar-refractivity contribution in [3.63, 3.8) is 0 Å². The topological polar surface area (TPSA) is 83.5 Å². The van der Waals surface area contributed by atoms with E-state index in [1.807, 2.05) is 0 Å². The van der Waals surface area contributed by atoms with Gasteiger partial charge in [-0.2, -0.15) is 0 Å². The fourth-order valence-electron chi connectivity index (χ4n) is 1.13. The molecule has 1 aromatic rings. The third-order valence-corrected chi connectivity index (χ3v) is 3.90. The first kappa shape index (κ1) is 14.7. The minimum absolute atomic E-state index is 0.361. The third-order valence-electron chi connectivity index (χ3n) is 2.12. The van der Waals surface area contributed by atoms with E-state index >= 15 is 0 Å². The van der Waals surface area contributed by atoms with Gasteiger partial charge in [0.05, 0.1) is 0 Å². The first-order valence-corrected chi connectivity index (χ1v) is 6.81. The van der Waals surface area contributed by atoms with Crippen LogP contribution in [0.25, 0.3) is 0 Å². The second-order valence-electron chi connectivity index (χ2n) is 3.56. The molecule has 98 valence electrons. The summed E-state index contributed by atoms with van der Waals surface area (Å²) in [5, 5.41) is 10.5. The summed E-state index contributed by atoms with van der Waals surface area (Å²) in [6.45, 7) is 1.30. The molecule has 0 aliphatic heterocycles. The Bertz CT molecular complexity index is 492. The lowest BCUT2D eigenvalue weighted by Gasteiger charge is -2.07. The molecule has 0 aliphatic rings. The number of rotatable bonds is 5. The summed E-state index contributed by atoms with van der Waals surface area (Å²) < 4.78 is 11.5. The lowest BCUT2D eigenvalue weighted by Crippen LogP contribution is -2.29. The van der Waals surface area contributed by atoms with Gasteiger partial charge in [0.25, 0.3) is 0 Å². The standard InChI is InChI=1S/C11H12ClNO4S/c1-7(11(15)16)18(17)6-10(14)13-9-4-2-3-8(12)5-9/h2-5,7H,6H2,1H3,(H,13,14)(H,15,16). The minimum atomic E-state index is -1.75. The zero-order valence-electron chi connectivity index (χ0n) is 9.55. The van der Waals surface area contributed by atoms with Gasteiger partial charge in [0, 0.05) is 21.5 Å². The molecule has 2 atom stereocenters. The van der Waals surface area contributed by atoms with Crippen molar-refractivity contribution in [3.05, 3.63) is 29.3 Å². The number of carbonyl (C=O) groups excluding carboxylic acids is 1. The molecule has 5 nitrogen and oxygen atoms in total. The van der Waals surface area contributed by atoms with Crippen LogP contribution in [0.1, 0.15) is 6.92 Å². The van der Waals surface area contributed by atoms with E-state index in [1.165, 1.54) is 6.92 Å². The molecule has 18 heavy (non-hydrogen) atoms. The number of aliphatic carboxylic acids is 1. The first-order chi connectivity index (χ1) is 8.40. The van der Waals surface area contributed by atoms with Crippen LogP contribution in [-0.4, -0.2) is 32.2 Å². The van der Waals surface area contributed by atoms with Gasteiger partial charge in [-0.1, -0.05) is 17.7 Å². The quantitative estimate of drug-likeness (QED) is 0.860. The molecule has 0 saturated heterocycles. The number of halogens is 1. The summed E-state index contributed by atoms with van der Waals surface area (Å²) in [6, 6.07) is 6.49. The molecule has 0 radical (unpaired) electrons. The average Bonchev–Trinajstić information content (AvgIpc) is 2.27. The predicted molar refractivity (Wildman–Crippen MR) is 70.2 cm³/mol. The number of benzene rings is 1. The number of amides is 1. The van der Waals surface area contributed by atoms with Gasteiger partial charge in [-0.05, 0) is 25.1 Å². The maximum Gasteiger partial charge on any atom is 0.318 e. The molecule has 1 amide bonds. The van der Waals surface area contributed by atoms with Crippen LogP contribution in [0, 0.1) is 0 Å². The second-order valence-corrected chi connectivity index (χ2v) is 5.76. The molecular weight excluding hydrogens is 278 g/mol. The van der Waals surface area contributed by atoms with Crippen molar-refractivity contribution in [2.75, 3.05) is 11.1 Å². The van der Waals surface area contributed by atoms with Gasteiger partial charge in [-0.3, -0.25) is 13.8 Å². The molecule has 0 spiro atoms. The molecule has 0 aromatic heterocycles. The number of carboxylic acids is 1. The van der Waals surface area contributed by atoms with Gasteiger partial charge in [-0.25, -0.2) is 0 Å². The molecule has 2 unspecified atom stereocenters. The van der Waals surface area contributed by atoms with E-state index in [0.717, 1.165) is 0 Å². The Kier molecular flexibility index (Phi) is 5.30. The highest BCUT2D eigenvalue weighted by molar-refractivity contribution is 7.87. The number of hydrogen-bond donors (Lipinski definition) is 2. The summed E-state index contributed by atoms with van der Waals surface area (Å²) in [5.41, 5.74) is 0.479. The number of hydrogen-bond acceptors (Lipinski definition) is 3. The fraction of sp³-hybridized carbons (Fsp3) is 0.273. The van der Waals surface area contributed by atoms with E-state index in [4.69, 9.17) is 16.7 Å². The van der Waals surface area contributed by atoms with Crippen LogP contribution in [0.4, 0.5) is 5.69 Å². The maximum atomic E-state index is 11.5. The van der Waals surface area contributed by atoms with Crippen molar-refractivity contribution < 1.29 is 18.9 Å². The number of nitrogens with one attached hydrogen (secondary N) is 1. The molecule has 0 bridgehead atoms. The third kappa shape index (κ3) is 4.46. The molecule has 1 rings (SSSR count). The Morgan fingerprint density at radius 1 is 1.50 bits per heavy atom. The zero-order chi connectivity index (χ0) is 13.7. The summed E-state index contributed by atoms with van der Waals surface area (Å²) in [5.74, 6) is -2.06. The summed E-state index contributed by atoms with van der Waals surface area (Å²) in [7, 11) is -1.75. The van der Waals surface area contributed by atoms with Crippen LogP contribution in [0.5, 0.6) is 0 Å². The van der Waals surface area contributed by atoms with Crippen LogP contribution in [0.15, 0.2) is 24.3 Å². The molecule has 0 saturated carbocycles. The number of carbonyl (C=O) groups is 2. The Morgan fingerprint density at radius 3 is 2.72 bits per heavy atom. The van der Waals surface area contributed by atoms with Crippen molar-refractivity contribution in [3.8, 4) is 0 Å². The summed E-state index contributed by atoms with van der Waals surface area (Å²) in [6.07, 6.45) is 0. The smallest absolute Gasteiger partial charge is 0.318 e. The monoisotopic (exact) mass is 289 g/mol. The lowest BCUT2D eigenvalue weighted by atomic mass is 10.3. The summed E-state index contributed by atoms with van der Waals surface area (Å²) >= 11 is 5.74. The van der Waals surface area contributed by atoms with Gasteiger partial charge in [0.2, 0.25) is 5.91 Å². The molecule has 0 heterocycles. The zero-order valence-corrected chi connectivity index (χ0v) is 11.1. The van der Waals surface area contributed by atoms with Crippen molar-refractivity contribution in [1.29, 1.82) is 0 Å². The van der Waals surface area contributed by atoms with Gasteiger partial charge < -0.3 is 10.4 Å². The average molecular weight is 290 g/mol.